The normalized spacial score (nSPS) is 12.2. The van der Waals surface area contributed by atoms with Crippen molar-refractivity contribution in [2.45, 2.75) is 20.3 Å². The van der Waals surface area contributed by atoms with E-state index in [4.69, 9.17) is 10.8 Å². The standard InChI is InChI=1S/C9H18N2O3/c1-3-11(6-8(12)13)9(14)7(2)4-5-10/h7H,3-6,10H2,1-2H3,(H,12,13). The molecule has 0 fully saturated rings. The highest BCUT2D eigenvalue weighted by Crippen LogP contribution is 2.05. The Morgan fingerprint density at radius 3 is 2.43 bits per heavy atom. The first-order valence-electron chi connectivity index (χ1n) is 4.73. The summed E-state index contributed by atoms with van der Waals surface area (Å²) in [5.41, 5.74) is 5.32. The van der Waals surface area contributed by atoms with E-state index in [0.717, 1.165) is 0 Å². The number of hydrogen-bond donors (Lipinski definition) is 2. The lowest BCUT2D eigenvalue weighted by Gasteiger charge is -2.22. The first kappa shape index (κ1) is 12.9. The Balaban J connectivity index is 4.22. The fourth-order valence-electron chi connectivity index (χ4n) is 1.19. The summed E-state index contributed by atoms with van der Waals surface area (Å²) in [6, 6.07) is 0. The lowest BCUT2D eigenvalue weighted by atomic mass is 10.1. The molecule has 0 spiro atoms. The molecule has 1 unspecified atom stereocenters. The Morgan fingerprint density at radius 1 is 1.50 bits per heavy atom. The summed E-state index contributed by atoms with van der Waals surface area (Å²) in [6.45, 7) is 4.15. The summed E-state index contributed by atoms with van der Waals surface area (Å²) >= 11 is 0. The molecule has 82 valence electrons. The van der Waals surface area contributed by atoms with Crippen molar-refractivity contribution >= 4 is 11.9 Å². The van der Waals surface area contributed by atoms with E-state index in [1.165, 1.54) is 4.90 Å². The Hall–Kier alpha value is -1.10. The van der Waals surface area contributed by atoms with Gasteiger partial charge in [0.05, 0.1) is 0 Å². The number of amides is 1. The lowest BCUT2D eigenvalue weighted by molar-refractivity contribution is -0.145. The third-order valence-corrected chi connectivity index (χ3v) is 2.04. The maximum atomic E-state index is 11.6. The molecular formula is C9H18N2O3. The minimum Gasteiger partial charge on any atom is -0.480 e. The van der Waals surface area contributed by atoms with Crippen molar-refractivity contribution in [1.29, 1.82) is 0 Å². The SMILES string of the molecule is CCN(CC(=O)O)C(=O)C(C)CCN. The van der Waals surface area contributed by atoms with Crippen molar-refractivity contribution < 1.29 is 14.7 Å². The van der Waals surface area contributed by atoms with Crippen LogP contribution in [0.5, 0.6) is 0 Å². The second-order valence-electron chi connectivity index (χ2n) is 3.22. The van der Waals surface area contributed by atoms with Gasteiger partial charge in [-0.1, -0.05) is 6.92 Å². The molecule has 0 heterocycles. The minimum absolute atomic E-state index is 0.139. The molecule has 5 heteroatoms. The summed E-state index contributed by atoms with van der Waals surface area (Å²) in [6.07, 6.45) is 0.592. The Bertz CT molecular complexity index is 206. The number of aliphatic carboxylic acids is 1. The van der Waals surface area contributed by atoms with Gasteiger partial charge in [-0.05, 0) is 19.9 Å². The molecule has 0 radical (unpaired) electrons. The van der Waals surface area contributed by atoms with E-state index in [1.807, 2.05) is 0 Å². The van der Waals surface area contributed by atoms with E-state index >= 15 is 0 Å². The van der Waals surface area contributed by atoms with Crippen molar-refractivity contribution in [2.24, 2.45) is 11.7 Å². The van der Waals surface area contributed by atoms with Gasteiger partial charge in [-0.25, -0.2) is 0 Å². The predicted octanol–water partition coefficient (Wildman–Crippen LogP) is -0.0956. The molecule has 1 atom stereocenters. The molecule has 0 saturated carbocycles. The Kier molecular flexibility index (Phi) is 5.87. The molecule has 0 aliphatic rings. The summed E-state index contributed by atoms with van der Waals surface area (Å²) in [5, 5.41) is 8.56. The van der Waals surface area contributed by atoms with Crippen LogP contribution in [-0.4, -0.2) is 41.5 Å². The minimum atomic E-state index is -0.986. The molecule has 0 aromatic heterocycles. The number of rotatable bonds is 6. The molecule has 3 N–H and O–H groups in total. The average Bonchev–Trinajstić information content (AvgIpc) is 2.13. The zero-order chi connectivity index (χ0) is 11.1. The van der Waals surface area contributed by atoms with Gasteiger partial charge in [-0.3, -0.25) is 9.59 Å². The molecule has 0 bridgehead atoms. The van der Waals surface area contributed by atoms with Crippen LogP contribution in [0.3, 0.4) is 0 Å². The van der Waals surface area contributed by atoms with Gasteiger partial charge in [0, 0.05) is 12.5 Å². The van der Waals surface area contributed by atoms with Gasteiger partial charge in [-0.15, -0.1) is 0 Å². The predicted molar refractivity (Wildman–Crippen MR) is 52.7 cm³/mol. The molecule has 0 aromatic carbocycles. The molecule has 5 nitrogen and oxygen atoms in total. The number of carboxylic acid groups (broad SMARTS) is 1. The molecule has 0 rings (SSSR count). The van der Waals surface area contributed by atoms with Gasteiger partial charge in [-0.2, -0.15) is 0 Å². The average molecular weight is 202 g/mol. The Morgan fingerprint density at radius 2 is 2.07 bits per heavy atom. The number of carbonyl (C=O) groups is 2. The highest BCUT2D eigenvalue weighted by molar-refractivity contribution is 5.82. The largest absolute Gasteiger partial charge is 0.480 e. The maximum absolute atomic E-state index is 11.6. The van der Waals surface area contributed by atoms with Crippen molar-refractivity contribution in [2.75, 3.05) is 19.6 Å². The highest BCUT2D eigenvalue weighted by atomic mass is 16.4. The van der Waals surface area contributed by atoms with Gasteiger partial charge in [0.2, 0.25) is 5.91 Å². The smallest absolute Gasteiger partial charge is 0.323 e. The van der Waals surface area contributed by atoms with Crippen LogP contribution in [0.15, 0.2) is 0 Å². The molecule has 0 aliphatic carbocycles. The van der Waals surface area contributed by atoms with E-state index in [-0.39, 0.29) is 18.4 Å². The van der Waals surface area contributed by atoms with Gasteiger partial charge in [0.1, 0.15) is 6.54 Å². The first-order valence-corrected chi connectivity index (χ1v) is 4.73. The van der Waals surface area contributed by atoms with E-state index in [2.05, 4.69) is 0 Å². The van der Waals surface area contributed by atoms with E-state index < -0.39 is 5.97 Å². The van der Waals surface area contributed by atoms with Crippen LogP contribution in [0, 0.1) is 5.92 Å². The lowest BCUT2D eigenvalue weighted by Crippen LogP contribution is -2.39. The maximum Gasteiger partial charge on any atom is 0.323 e. The van der Waals surface area contributed by atoms with Crippen LogP contribution < -0.4 is 5.73 Å². The topological polar surface area (TPSA) is 83.6 Å². The second kappa shape index (κ2) is 6.37. The number of likely N-dealkylation sites (N-methyl/N-ethyl adjacent to an activating group) is 1. The van der Waals surface area contributed by atoms with Crippen LogP contribution in [0.2, 0.25) is 0 Å². The third-order valence-electron chi connectivity index (χ3n) is 2.04. The molecule has 0 saturated heterocycles. The third kappa shape index (κ3) is 4.23. The summed E-state index contributed by atoms with van der Waals surface area (Å²) in [7, 11) is 0. The van der Waals surface area contributed by atoms with Crippen molar-refractivity contribution in [3.63, 3.8) is 0 Å². The van der Waals surface area contributed by atoms with E-state index in [1.54, 1.807) is 13.8 Å². The Labute approximate surface area is 83.9 Å². The second-order valence-corrected chi connectivity index (χ2v) is 3.22. The monoisotopic (exact) mass is 202 g/mol. The number of nitrogens with zero attached hydrogens (tertiary/aromatic N) is 1. The molecule has 1 amide bonds. The fraction of sp³-hybridized carbons (Fsp3) is 0.778. The number of carboxylic acids is 1. The molecular weight excluding hydrogens is 184 g/mol. The molecule has 0 aliphatic heterocycles. The van der Waals surface area contributed by atoms with Crippen LogP contribution in [0.1, 0.15) is 20.3 Å². The van der Waals surface area contributed by atoms with Crippen LogP contribution >= 0.6 is 0 Å². The fourth-order valence-corrected chi connectivity index (χ4v) is 1.19. The van der Waals surface area contributed by atoms with Crippen LogP contribution in [0.25, 0.3) is 0 Å². The van der Waals surface area contributed by atoms with Gasteiger partial charge in [0.15, 0.2) is 0 Å². The molecule has 0 aromatic rings. The summed E-state index contributed by atoms with van der Waals surface area (Å²) in [5.74, 6) is -1.32. The highest BCUT2D eigenvalue weighted by Gasteiger charge is 2.20. The van der Waals surface area contributed by atoms with Gasteiger partial charge in [0.25, 0.3) is 0 Å². The number of carbonyl (C=O) groups excluding carboxylic acids is 1. The van der Waals surface area contributed by atoms with Crippen molar-refractivity contribution in [3.8, 4) is 0 Å². The molecule has 14 heavy (non-hydrogen) atoms. The van der Waals surface area contributed by atoms with E-state index in [0.29, 0.717) is 19.5 Å². The van der Waals surface area contributed by atoms with Crippen molar-refractivity contribution in [1.82, 2.24) is 4.90 Å². The van der Waals surface area contributed by atoms with Gasteiger partial charge >= 0.3 is 5.97 Å². The van der Waals surface area contributed by atoms with Gasteiger partial charge < -0.3 is 15.7 Å². The number of hydrogen-bond acceptors (Lipinski definition) is 3. The summed E-state index contributed by atoms with van der Waals surface area (Å²) in [4.78, 5) is 23.4. The zero-order valence-electron chi connectivity index (χ0n) is 8.69. The van der Waals surface area contributed by atoms with Crippen LogP contribution in [-0.2, 0) is 9.59 Å². The zero-order valence-corrected chi connectivity index (χ0v) is 8.69. The quantitative estimate of drug-likeness (QED) is 0.630. The van der Waals surface area contributed by atoms with E-state index in [9.17, 15) is 9.59 Å². The number of nitrogens with two attached hydrogens (primary N) is 1. The summed E-state index contributed by atoms with van der Waals surface area (Å²) < 4.78 is 0. The van der Waals surface area contributed by atoms with Crippen LogP contribution in [0.4, 0.5) is 0 Å². The van der Waals surface area contributed by atoms with Crippen molar-refractivity contribution in [3.05, 3.63) is 0 Å². The first-order chi connectivity index (χ1) is 6.52.